The smallest absolute Gasteiger partial charge is 0.313 e. The summed E-state index contributed by atoms with van der Waals surface area (Å²) in [5.74, 6) is -1.68. The first-order chi connectivity index (χ1) is 8.41. The van der Waals surface area contributed by atoms with Gasteiger partial charge in [-0.3, -0.25) is 14.4 Å². The molecule has 1 aliphatic heterocycles. The van der Waals surface area contributed by atoms with Gasteiger partial charge in [-0.1, -0.05) is 0 Å². The zero-order valence-electron chi connectivity index (χ0n) is 10.3. The molecule has 1 heterocycles. The van der Waals surface area contributed by atoms with Gasteiger partial charge in [-0.2, -0.15) is 0 Å². The topological polar surface area (TPSA) is 101 Å². The summed E-state index contributed by atoms with van der Waals surface area (Å²) in [6.45, 7) is 2.28. The standard InChI is InChI=1S/C11H18N2O4S/c1-7-2-3-8(11(12)17)4-13(7)9(14)5-18-6-10(15)16/h7-8H,2-6H2,1H3,(H2,12,17)(H,15,16). The van der Waals surface area contributed by atoms with Crippen molar-refractivity contribution in [2.24, 2.45) is 11.7 Å². The second-order valence-electron chi connectivity index (χ2n) is 4.46. The van der Waals surface area contributed by atoms with Crippen LogP contribution in [-0.2, 0) is 14.4 Å². The molecule has 0 aromatic heterocycles. The molecule has 6 nitrogen and oxygen atoms in total. The Morgan fingerprint density at radius 2 is 2.00 bits per heavy atom. The van der Waals surface area contributed by atoms with E-state index in [9.17, 15) is 14.4 Å². The normalized spacial score (nSPS) is 23.7. The van der Waals surface area contributed by atoms with Crippen molar-refractivity contribution in [3.63, 3.8) is 0 Å². The molecule has 2 unspecified atom stereocenters. The molecule has 0 spiro atoms. The van der Waals surface area contributed by atoms with Gasteiger partial charge in [-0.15, -0.1) is 11.8 Å². The number of carboxylic acids is 1. The number of hydrogen-bond donors (Lipinski definition) is 2. The quantitative estimate of drug-likeness (QED) is 0.730. The number of likely N-dealkylation sites (tertiary alicyclic amines) is 1. The predicted molar refractivity (Wildman–Crippen MR) is 68.1 cm³/mol. The summed E-state index contributed by atoms with van der Waals surface area (Å²) in [5, 5.41) is 8.50. The van der Waals surface area contributed by atoms with Crippen LogP contribution in [0.4, 0.5) is 0 Å². The third-order valence-corrected chi connectivity index (χ3v) is 3.96. The van der Waals surface area contributed by atoms with E-state index in [0.29, 0.717) is 13.0 Å². The lowest BCUT2D eigenvalue weighted by molar-refractivity contribution is -0.135. The number of aliphatic carboxylic acids is 1. The van der Waals surface area contributed by atoms with Crippen LogP contribution in [0.3, 0.4) is 0 Å². The molecule has 1 saturated heterocycles. The van der Waals surface area contributed by atoms with Gasteiger partial charge in [0.25, 0.3) is 0 Å². The summed E-state index contributed by atoms with van der Waals surface area (Å²) in [6.07, 6.45) is 1.46. The molecule has 1 rings (SSSR count). The Balaban J connectivity index is 2.48. The van der Waals surface area contributed by atoms with Crippen LogP contribution in [0.1, 0.15) is 19.8 Å². The lowest BCUT2D eigenvalue weighted by atomic mass is 9.93. The van der Waals surface area contributed by atoms with Crippen LogP contribution in [-0.4, -0.2) is 51.9 Å². The number of primary amides is 1. The van der Waals surface area contributed by atoms with E-state index in [1.54, 1.807) is 4.90 Å². The molecule has 3 N–H and O–H groups in total. The Morgan fingerprint density at radius 3 is 2.56 bits per heavy atom. The van der Waals surface area contributed by atoms with Gasteiger partial charge in [-0.05, 0) is 19.8 Å². The number of hydrogen-bond acceptors (Lipinski definition) is 4. The van der Waals surface area contributed by atoms with Crippen molar-refractivity contribution in [2.45, 2.75) is 25.8 Å². The lowest BCUT2D eigenvalue weighted by Gasteiger charge is -2.36. The van der Waals surface area contributed by atoms with E-state index in [-0.39, 0.29) is 35.3 Å². The second-order valence-corrected chi connectivity index (χ2v) is 5.44. The highest BCUT2D eigenvalue weighted by Gasteiger charge is 2.31. The molecule has 18 heavy (non-hydrogen) atoms. The van der Waals surface area contributed by atoms with Crippen molar-refractivity contribution in [1.82, 2.24) is 4.90 Å². The van der Waals surface area contributed by atoms with E-state index < -0.39 is 5.97 Å². The molecule has 0 bridgehead atoms. The monoisotopic (exact) mass is 274 g/mol. The number of nitrogens with zero attached hydrogens (tertiary/aromatic N) is 1. The van der Waals surface area contributed by atoms with Crippen LogP contribution in [0.5, 0.6) is 0 Å². The Morgan fingerprint density at radius 1 is 1.33 bits per heavy atom. The predicted octanol–water partition coefficient (Wildman–Crippen LogP) is -0.0834. The molecular weight excluding hydrogens is 256 g/mol. The number of thioether (sulfide) groups is 1. The number of nitrogens with two attached hydrogens (primary N) is 1. The van der Waals surface area contributed by atoms with Crippen molar-refractivity contribution >= 4 is 29.5 Å². The number of piperidine rings is 1. The van der Waals surface area contributed by atoms with Crippen LogP contribution in [0.25, 0.3) is 0 Å². The minimum Gasteiger partial charge on any atom is -0.481 e. The average molecular weight is 274 g/mol. The van der Waals surface area contributed by atoms with Crippen LogP contribution >= 0.6 is 11.8 Å². The summed E-state index contributed by atoms with van der Waals surface area (Å²) >= 11 is 1.07. The molecule has 7 heteroatoms. The Hall–Kier alpha value is -1.24. The fourth-order valence-electron chi connectivity index (χ4n) is 2.00. The van der Waals surface area contributed by atoms with Gasteiger partial charge in [0.2, 0.25) is 11.8 Å². The Kier molecular flexibility index (Phi) is 5.46. The first-order valence-corrected chi connectivity index (χ1v) is 6.95. The maximum atomic E-state index is 11.9. The SMILES string of the molecule is CC1CCC(C(N)=O)CN1C(=O)CSCC(=O)O. The maximum absolute atomic E-state index is 11.9. The van der Waals surface area contributed by atoms with Crippen LogP contribution < -0.4 is 5.73 Å². The fraction of sp³-hybridized carbons (Fsp3) is 0.727. The number of carbonyl (C=O) groups excluding carboxylic acids is 2. The molecule has 1 fully saturated rings. The maximum Gasteiger partial charge on any atom is 0.313 e. The van der Waals surface area contributed by atoms with Crippen molar-refractivity contribution in [1.29, 1.82) is 0 Å². The number of carboxylic acid groups (broad SMARTS) is 1. The van der Waals surface area contributed by atoms with E-state index in [1.807, 2.05) is 6.92 Å². The highest BCUT2D eigenvalue weighted by Crippen LogP contribution is 2.22. The summed E-state index contributed by atoms with van der Waals surface area (Å²) in [5.41, 5.74) is 5.26. The molecule has 0 radical (unpaired) electrons. The molecule has 2 atom stereocenters. The van der Waals surface area contributed by atoms with Gasteiger partial charge >= 0.3 is 5.97 Å². The van der Waals surface area contributed by atoms with Crippen LogP contribution in [0, 0.1) is 5.92 Å². The molecule has 2 amide bonds. The van der Waals surface area contributed by atoms with Gasteiger partial charge < -0.3 is 15.7 Å². The van der Waals surface area contributed by atoms with E-state index in [1.165, 1.54) is 0 Å². The summed E-state index contributed by atoms with van der Waals surface area (Å²) in [6, 6.07) is 0.0820. The lowest BCUT2D eigenvalue weighted by Crippen LogP contribution is -2.49. The van der Waals surface area contributed by atoms with E-state index in [4.69, 9.17) is 10.8 Å². The van der Waals surface area contributed by atoms with Gasteiger partial charge in [0.1, 0.15) is 0 Å². The number of carbonyl (C=O) groups is 3. The molecule has 0 aliphatic carbocycles. The third kappa shape index (κ3) is 4.21. The van der Waals surface area contributed by atoms with Gasteiger partial charge in [0, 0.05) is 12.6 Å². The summed E-state index contributed by atoms with van der Waals surface area (Å²) in [4.78, 5) is 35.0. The first-order valence-electron chi connectivity index (χ1n) is 5.80. The van der Waals surface area contributed by atoms with Gasteiger partial charge in [0.05, 0.1) is 17.4 Å². The zero-order chi connectivity index (χ0) is 13.7. The first kappa shape index (κ1) is 14.8. The molecule has 1 aliphatic rings. The highest BCUT2D eigenvalue weighted by atomic mass is 32.2. The minimum absolute atomic E-state index is 0.0820. The van der Waals surface area contributed by atoms with Crippen molar-refractivity contribution < 1.29 is 19.5 Å². The summed E-state index contributed by atoms with van der Waals surface area (Å²) in [7, 11) is 0. The largest absolute Gasteiger partial charge is 0.481 e. The molecule has 0 aromatic carbocycles. The summed E-state index contributed by atoms with van der Waals surface area (Å²) < 4.78 is 0. The Labute approximate surface area is 110 Å². The highest BCUT2D eigenvalue weighted by molar-refractivity contribution is 8.00. The Bertz CT molecular complexity index is 348. The third-order valence-electron chi connectivity index (χ3n) is 3.06. The molecular formula is C11H18N2O4S. The average Bonchev–Trinajstić information content (AvgIpc) is 2.28. The van der Waals surface area contributed by atoms with E-state index >= 15 is 0 Å². The molecule has 0 aromatic rings. The van der Waals surface area contributed by atoms with Crippen LogP contribution in [0.15, 0.2) is 0 Å². The van der Waals surface area contributed by atoms with Crippen molar-refractivity contribution in [3.8, 4) is 0 Å². The van der Waals surface area contributed by atoms with Crippen molar-refractivity contribution in [2.75, 3.05) is 18.1 Å². The van der Waals surface area contributed by atoms with Crippen LogP contribution in [0.2, 0.25) is 0 Å². The van der Waals surface area contributed by atoms with Crippen molar-refractivity contribution in [3.05, 3.63) is 0 Å². The van der Waals surface area contributed by atoms with Gasteiger partial charge in [0.15, 0.2) is 0 Å². The molecule has 102 valence electrons. The number of amides is 2. The fourth-order valence-corrected chi connectivity index (χ4v) is 2.61. The minimum atomic E-state index is -0.936. The molecule has 0 saturated carbocycles. The van der Waals surface area contributed by atoms with E-state index in [2.05, 4.69) is 0 Å². The van der Waals surface area contributed by atoms with Gasteiger partial charge in [-0.25, -0.2) is 0 Å². The second kappa shape index (κ2) is 6.63. The number of rotatable bonds is 5. The zero-order valence-corrected chi connectivity index (χ0v) is 11.1. The van der Waals surface area contributed by atoms with E-state index in [0.717, 1.165) is 18.2 Å².